The number of fused-ring (bicyclic) bond motifs is 3. The molecule has 0 spiro atoms. The predicted molar refractivity (Wildman–Crippen MR) is 112 cm³/mol. The minimum atomic E-state index is 0.306. The molecule has 0 saturated heterocycles. The number of allylic oxidation sites excluding steroid dienone is 3. The second-order valence-corrected chi connectivity index (χ2v) is 8.92. The van der Waals surface area contributed by atoms with Crippen LogP contribution in [0.15, 0.2) is 44.4 Å². The molecule has 0 fully saturated rings. The molecule has 1 unspecified atom stereocenters. The first-order valence-corrected chi connectivity index (χ1v) is 10.4. The van der Waals surface area contributed by atoms with Gasteiger partial charge in [0.2, 0.25) is 6.79 Å². The zero-order valence-corrected chi connectivity index (χ0v) is 17.8. The Kier molecular flexibility index (Phi) is 3.84. The Labute approximate surface area is 170 Å². The fraction of sp³-hybridized carbons (Fsp3) is 0.273. The Hall–Kier alpha value is -1.52. The lowest BCUT2D eigenvalue weighted by atomic mass is 9.87. The molecule has 2 nitrogen and oxygen atoms in total. The number of rotatable bonds is 2. The molecule has 1 heterocycles. The Balaban J connectivity index is 1.56. The summed E-state index contributed by atoms with van der Waals surface area (Å²) in [6.07, 6.45) is 4.32. The summed E-state index contributed by atoms with van der Waals surface area (Å²) in [4.78, 5) is 0. The zero-order chi connectivity index (χ0) is 18.0. The van der Waals surface area contributed by atoms with Gasteiger partial charge in [0.05, 0.1) is 4.47 Å². The average molecular weight is 474 g/mol. The van der Waals surface area contributed by atoms with E-state index in [4.69, 9.17) is 9.47 Å². The quantitative estimate of drug-likeness (QED) is 0.474. The lowest BCUT2D eigenvalue weighted by Crippen LogP contribution is -2.00. The topological polar surface area (TPSA) is 18.5 Å². The minimum absolute atomic E-state index is 0.306. The Morgan fingerprint density at radius 2 is 2.00 bits per heavy atom. The highest BCUT2D eigenvalue weighted by Crippen LogP contribution is 2.52. The van der Waals surface area contributed by atoms with Crippen LogP contribution >= 0.6 is 31.9 Å². The largest absolute Gasteiger partial charge is 0.454 e. The molecule has 2 aliphatic carbocycles. The molecule has 1 atom stereocenters. The van der Waals surface area contributed by atoms with Gasteiger partial charge in [0.25, 0.3) is 0 Å². The summed E-state index contributed by atoms with van der Waals surface area (Å²) < 4.78 is 13.5. The van der Waals surface area contributed by atoms with Crippen LogP contribution in [-0.4, -0.2) is 6.79 Å². The number of benzene rings is 2. The molecule has 1 aliphatic heterocycles. The summed E-state index contributed by atoms with van der Waals surface area (Å²) >= 11 is 7.45. The third-order valence-electron chi connectivity index (χ3n) is 5.78. The van der Waals surface area contributed by atoms with Crippen LogP contribution in [0.4, 0.5) is 0 Å². The number of halogens is 2. The van der Waals surface area contributed by atoms with Crippen LogP contribution in [0.5, 0.6) is 11.5 Å². The summed E-state index contributed by atoms with van der Waals surface area (Å²) in [6.45, 7) is 4.81. The van der Waals surface area contributed by atoms with Crippen molar-refractivity contribution >= 4 is 43.5 Å². The third kappa shape index (κ3) is 2.35. The van der Waals surface area contributed by atoms with Gasteiger partial charge in [0.15, 0.2) is 11.5 Å². The summed E-state index contributed by atoms with van der Waals surface area (Å²) in [5, 5.41) is 0. The van der Waals surface area contributed by atoms with Crippen molar-refractivity contribution in [3.8, 4) is 11.5 Å². The van der Waals surface area contributed by atoms with E-state index in [0.29, 0.717) is 12.7 Å². The molecule has 2 aromatic rings. The lowest BCUT2D eigenvalue weighted by Gasteiger charge is -2.18. The number of ether oxygens (including phenoxy) is 2. The van der Waals surface area contributed by atoms with Crippen LogP contribution in [0.1, 0.15) is 48.4 Å². The SMILES string of the molecule is CC1=Cc2c(Br)cccc2C1CC1=C(C)Cc2c1cc1c(c2Br)OCO1. The van der Waals surface area contributed by atoms with Gasteiger partial charge in [-0.25, -0.2) is 0 Å². The van der Waals surface area contributed by atoms with Gasteiger partial charge < -0.3 is 9.47 Å². The predicted octanol–water partition coefficient (Wildman–Crippen LogP) is 6.86. The second-order valence-electron chi connectivity index (χ2n) is 7.27. The van der Waals surface area contributed by atoms with Crippen molar-refractivity contribution in [2.75, 3.05) is 6.79 Å². The molecule has 0 radical (unpaired) electrons. The van der Waals surface area contributed by atoms with Crippen molar-refractivity contribution < 1.29 is 9.47 Å². The van der Waals surface area contributed by atoms with Crippen molar-refractivity contribution in [2.45, 2.75) is 32.6 Å². The summed E-state index contributed by atoms with van der Waals surface area (Å²) in [7, 11) is 0. The van der Waals surface area contributed by atoms with Gasteiger partial charge in [0, 0.05) is 10.4 Å². The van der Waals surface area contributed by atoms with Crippen molar-refractivity contribution in [1.29, 1.82) is 0 Å². The Morgan fingerprint density at radius 1 is 1.15 bits per heavy atom. The van der Waals surface area contributed by atoms with Crippen molar-refractivity contribution in [1.82, 2.24) is 0 Å². The van der Waals surface area contributed by atoms with E-state index in [-0.39, 0.29) is 0 Å². The second kappa shape index (κ2) is 6.00. The van der Waals surface area contributed by atoms with E-state index in [1.165, 1.54) is 43.4 Å². The average Bonchev–Trinajstić information content (AvgIpc) is 3.28. The van der Waals surface area contributed by atoms with Crippen LogP contribution in [0, 0.1) is 0 Å². The van der Waals surface area contributed by atoms with E-state index in [9.17, 15) is 0 Å². The van der Waals surface area contributed by atoms with E-state index in [1.807, 2.05) is 0 Å². The number of hydrogen-bond donors (Lipinski definition) is 0. The highest BCUT2D eigenvalue weighted by atomic mass is 79.9. The van der Waals surface area contributed by atoms with E-state index in [1.54, 1.807) is 0 Å². The van der Waals surface area contributed by atoms with E-state index in [2.05, 4.69) is 76.0 Å². The molecule has 0 bridgehead atoms. The van der Waals surface area contributed by atoms with Crippen LogP contribution in [-0.2, 0) is 6.42 Å². The first-order chi connectivity index (χ1) is 12.5. The van der Waals surface area contributed by atoms with Gasteiger partial charge in [-0.05, 0) is 82.6 Å². The van der Waals surface area contributed by atoms with Gasteiger partial charge in [-0.1, -0.05) is 45.3 Å². The summed E-state index contributed by atoms with van der Waals surface area (Å²) in [5.41, 5.74) is 9.72. The van der Waals surface area contributed by atoms with E-state index < -0.39 is 0 Å². The third-order valence-corrected chi connectivity index (χ3v) is 7.31. The van der Waals surface area contributed by atoms with Gasteiger partial charge in [-0.15, -0.1) is 0 Å². The minimum Gasteiger partial charge on any atom is -0.454 e. The molecule has 132 valence electrons. The van der Waals surface area contributed by atoms with Crippen LogP contribution in [0.2, 0.25) is 0 Å². The van der Waals surface area contributed by atoms with E-state index >= 15 is 0 Å². The molecule has 26 heavy (non-hydrogen) atoms. The molecule has 2 aromatic carbocycles. The summed E-state index contributed by atoms with van der Waals surface area (Å²) in [6, 6.07) is 8.70. The Morgan fingerprint density at radius 3 is 2.85 bits per heavy atom. The van der Waals surface area contributed by atoms with Crippen LogP contribution in [0.3, 0.4) is 0 Å². The molecule has 0 aromatic heterocycles. The monoisotopic (exact) mass is 472 g/mol. The maximum absolute atomic E-state index is 5.66. The fourth-order valence-corrected chi connectivity index (χ4v) is 5.59. The van der Waals surface area contributed by atoms with Gasteiger partial charge in [-0.3, -0.25) is 0 Å². The highest BCUT2D eigenvalue weighted by Gasteiger charge is 2.32. The van der Waals surface area contributed by atoms with Gasteiger partial charge in [0.1, 0.15) is 0 Å². The first kappa shape index (κ1) is 16.6. The molecule has 0 amide bonds. The highest BCUT2D eigenvalue weighted by molar-refractivity contribution is 9.11. The molecular formula is C22H18Br2O2. The molecule has 0 N–H and O–H groups in total. The first-order valence-electron chi connectivity index (χ1n) is 8.81. The maximum Gasteiger partial charge on any atom is 0.231 e. The summed E-state index contributed by atoms with van der Waals surface area (Å²) in [5.74, 6) is 2.14. The van der Waals surface area contributed by atoms with Gasteiger partial charge >= 0.3 is 0 Å². The maximum atomic E-state index is 5.66. The van der Waals surface area contributed by atoms with Crippen LogP contribution in [0.25, 0.3) is 11.6 Å². The number of hydrogen-bond acceptors (Lipinski definition) is 2. The normalized spacial score (nSPS) is 19.7. The standard InChI is InChI=1S/C22H18Br2O2/c1-11-6-17-13(4-3-5-19(17)23)14(11)8-15-12(2)7-18-16(15)9-20-22(21(18)24)26-10-25-20/h3-6,9,14H,7-8,10H2,1-2H3. The molecule has 5 rings (SSSR count). The van der Waals surface area contributed by atoms with Crippen molar-refractivity contribution in [2.24, 2.45) is 0 Å². The van der Waals surface area contributed by atoms with Gasteiger partial charge in [-0.2, -0.15) is 0 Å². The van der Waals surface area contributed by atoms with Crippen molar-refractivity contribution in [3.05, 3.63) is 66.6 Å². The zero-order valence-electron chi connectivity index (χ0n) is 14.7. The van der Waals surface area contributed by atoms with Crippen LogP contribution < -0.4 is 9.47 Å². The molecular weight excluding hydrogens is 456 g/mol. The molecule has 0 saturated carbocycles. The van der Waals surface area contributed by atoms with E-state index in [0.717, 1.165) is 28.8 Å². The Bertz CT molecular complexity index is 1020. The smallest absolute Gasteiger partial charge is 0.231 e. The molecule has 3 aliphatic rings. The fourth-order valence-electron chi connectivity index (χ4n) is 4.43. The molecule has 4 heteroatoms. The lowest BCUT2D eigenvalue weighted by molar-refractivity contribution is 0.173. The van der Waals surface area contributed by atoms with Crippen molar-refractivity contribution in [3.63, 3.8) is 0 Å².